The summed E-state index contributed by atoms with van der Waals surface area (Å²) in [6.45, 7) is 0. The Morgan fingerprint density at radius 2 is 1.80 bits per heavy atom. The van der Waals surface area contributed by atoms with E-state index in [2.05, 4.69) is 10.3 Å². The van der Waals surface area contributed by atoms with Gasteiger partial charge in [-0.05, 0) is 12.1 Å². The minimum absolute atomic E-state index is 0.369. The fourth-order valence-corrected chi connectivity index (χ4v) is 1.03. The van der Waals surface area contributed by atoms with Crippen LogP contribution in [-0.4, -0.2) is 12.0 Å². The molecule has 0 unspecified atom stereocenters. The molecule has 1 rings (SSSR count). The SMILES string of the molecule is C[N-]c1cc(Cl)nc(Cl)c1. The largest absolute Gasteiger partial charge is 0.687 e. The van der Waals surface area contributed by atoms with Gasteiger partial charge in [-0.1, -0.05) is 23.2 Å². The Hall–Kier alpha value is -0.470. The zero-order valence-electron chi connectivity index (χ0n) is 5.31. The number of halogens is 2. The lowest BCUT2D eigenvalue weighted by molar-refractivity contribution is 1.33. The molecule has 0 aliphatic heterocycles. The Bertz CT molecular complexity index is 217. The van der Waals surface area contributed by atoms with E-state index in [0.717, 1.165) is 5.69 Å². The third kappa shape index (κ3) is 1.75. The second-order valence-electron chi connectivity index (χ2n) is 1.69. The zero-order valence-corrected chi connectivity index (χ0v) is 6.82. The minimum Gasteiger partial charge on any atom is -0.687 e. The van der Waals surface area contributed by atoms with E-state index in [-0.39, 0.29) is 0 Å². The van der Waals surface area contributed by atoms with Gasteiger partial charge in [0.25, 0.3) is 0 Å². The molecule has 0 aliphatic rings. The van der Waals surface area contributed by atoms with Crippen LogP contribution < -0.4 is 0 Å². The van der Waals surface area contributed by atoms with Gasteiger partial charge in [0.1, 0.15) is 10.3 Å². The van der Waals surface area contributed by atoms with Gasteiger partial charge in [0.15, 0.2) is 0 Å². The summed E-state index contributed by atoms with van der Waals surface area (Å²) in [5.41, 5.74) is 0.741. The molecule has 1 heterocycles. The van der Waals surface area contributed by atoms with Gasteiger partial charge in [-0.2, -0.15) is 0 Å². The first kappa shape index (κ1) is 7.63. The number of hydrogen-bond donors (Lipinski definition) is 0. The summed E-state index contributed by atoms with van der Waals surface area (Å²) in [5, 5.41) is 4.62. The predicted octanol–water partition coefficient (Wildman–Crippen LogP) is 3.02. The number of aromatic nitrogens is 1. The summed E-state index contributed by atoms with van der Waals surface area (Å²) in [7, 11) is 1.67. The lowest BCUT2D eigenvalue weighted by atomic mass is 10.4. The number of nitrogens with zero attached hydrogens (tertiary/aromatic N) is 2. The molecule has 1 aromatic rings. The molecule has 1 aromatic heterocycles. The highest BCUT2D eigenvalue weighted by Gasteiger charge is 1.90. The lowest BCUT2D eigenvalue weighted by Gasteiger charge is -2.12. The molecule has 54 valence electrons. The van der Waals surface area contributed by atoms with Crippen LogP contribution in [0.3, 0.4) is 0 Å². The smallest absolute Gasteiger partial charge is 0.129 e. The van der Waals surface area contributed by atoms with Gasteiger partial charge in [0, 0.05) is 0 Å². The monoisotopic (exact) mass is 175 g/mol. The third-order valence-electron chi connectivity index (χ3n) is 1.01. The van der Waals surface area contributed by atoms with E-state index in [1.54, 1.807) is 19.2 Å². The lowest BCUT2D eigenvalue weighted by Crippen LogP contribution is -1.75. The molecule has 0 spiro atoms. The van der Waals surface area contributed by atoms with Crippen molar-refractivity contribution in [2.24, 2.45) is 0 Å². The highest BCUT2D eigenvalue weighted by molar-refractivity contribution is 6.32. The van der Waals surface area contributed by atoms with Crippen molar-refractivity contribution < 1.29 is 0 Å². The Morgan fingerprint density at radius 1 is 1.30 bits per heavy atom. The quantitative estimate of drug-likeness (QED) is 0.604. The Kier molecular flexibility index (Phi) is 2.35. The van der Waals surface area contributed by atoms with Gasteiger partial charge in [-0.15, -0.1) is 12.7 Å². The summed E-state index contributed by atoms with van der Waals surface area (Å²) >= 11 is 11.1. The van der Waals surface area contributed by atoms with E-state index in [9.17, 15) is 0 Å². The first-order valence-corrected chi connectivity index (χ1v) is 3.41. The highest BCUT2D eigenvalue weighted by Crippen LogP contribution is 2.22. The maximum absolute atomic E-state index is 5.57. The van der Waals surface area contributed by atoms with Crippen molar-refractivity contribution in [3.63, 3.8) is 0 Å². The normalized spacial score (nSPS) is 9.50. The minimum atomic E-state index is 0.369. The van der Waals surface area contributed by atoms with Crippen molar-refractivity contribution in [2.45, 2.75) is 0 Å². The second kappa shape index (κ2) is 3.08. The van der Waals surface area contributed by atoms with Crippen molar-refractivity contribution in [2.75, 3.05) is 7.05 Å². The summed E-state index contributed by atoms with van der Waals surface area (Å²) in [4.78, 5) is 3.75. The fraction of sp³-hybridized carbons (Fsp3) is 0.167. The van der Waals surface area contributed by atoms with E-state index < -0.39 is 0 Å². The van der Waals surface area contributed by atoms with Gasteiger partial charge in [0.05, 0.1) is 0 Å². The van der Waals surface area contributed by atoms with Crippen molar-refractivity contribution in [1.82, 2.24) is 4.98 Å². The van der Waals surface area contributed by atoms with Crippen LogP contribution >= 0.6 is 23.2 Å². The predicted molar refractivity (Wildman–Crippen MR) is 43.2 cm³/mol. The number of hydrogen-bond acceptors (Lipinski definition) is 1. The average Bonchev–Trinajstić information content (AvgIpc) is 1.85. The van der Waals surface area contributed by atoms with Gasteiger partial charge in [-0.3, -0.25) is 0 Å². The molecule has 2 nitrogen and oxygen atoms in total. The second-order valence-corrected chi connectivity index (χ2v) is 2.47. The molecule has 10 heavy (non-hydrogen) atoms. The van der Waals surface area contributed by atoms with Crippen molar-refractivity contribution in [1.29, 1.82) is 0 Å². The molecule has 4 heteroatoms. The molecule has 0 aromatic carbocycles. The van der Waals surface area contributed by atoms with E-state index in [4.69, 9.17) is 23.2 Å². The molecule has 0 fully saturated rings. The van der Waals surface area contributed by atoms with Crippen LogP contribution in [0, 0.1) is 0 Å². The summed E-state index contributed by atoms with van der Waals surface area (Å²) in [6, 6.07) is 3.29. The third-order valence-corrected chi connectivity index (χ3v) is 1.39. The van der Waals surface area contributed by atoms with Gasteiger partial charge in [0.2, 0.25) is 0 Å². The molecule has 0 N–H and O–H groups in total. The van der Waals surface area contributed by atoms with E-state index in [1.165, 1.54) is 0 Å². The van der Waals surface area contributed by atoms with Crippen molar-refractivity contribution in [3.05, 3.63) is 27.8 Å². The molecular formula is C6H5Cl2N2-. The standard InChI is InChI=1S/C6H5Cl2N2/c1-9-4-2-5(7)10-6(8)3-4/h2-3H,1H3/q-1. The highest BCUT2D eigenvalue weighted by atomic mass is 35.5. The Balaban J connectivity index is 3.06. The average molecular weight is 176 g/mol. The van der Waals surface area contributed by atoms with Crippen LogP contribution in [0.25, 0.3) is 5.32 Å². The number of rotatable bonds is 1. The summed E-state index contributed by atoms with van der Waals surface area (Å²) < 4.78 is 0. The molecule has 0 bridgehead atoms. The van der Waals surface area contributed by atoms with Gasteiger partial charge >= 0.3 is 0 Å². The maximum Gasteiger partial charge on any atom is 0.129 e. The Labute approximate surface area is 69.2 Å². The van der Waals surface area contributed by atoms with Crippen LogP contribution in [0.2, 0.25) is 10.3 Å². The molecule has 0 radical (unpaired) electrons. The van der Waals surface area contributed by atoms with Crippen LogP contribution in [0.4, 0.5) is 5.69 Å². The molecular weight excluding hydrogens is 171 g/mol. The topological polar surface area (TPSA) is 27.0 Å². The maximum atomic E-state index is 5.57. The van der Waals surface area contributed by atoms with E-state index >= 15 is 0 Å². The van der Waals surface area contributed by atoms with Crippen LogP contribution in [0.15, 0.2) is 12.1 Å². The molecule has 0 atom stereocenters. The molecule has 0 saturated carbocycles. The molecule has 0 saturated heterocycles. The molecule has 0 amide bonds. The first-order valence-electron chi connectivity index (χ1n) is 2.65. The van der Waals surface area contributed by atoms with Crippen molar-refractivity contribution in [3.8, 4) is 0 Å². The van der Waals surface area contributed by atoms with E-state index in [0.29, 0.717) is 10.3 Å². The number of pyridine rings is 1. The van der Waals surface area contributed by atoms with Gasteiger partial charge in [-0.25, -0.2) is 4.98 Å². The zero-order chi connectivity index (χ0) is 7.56. The van der Waals surface area contributed by atoms with Crippen LogP contribution in [0.1, 0.15) is 0 Å². The summed E-state index contributed by atoms with van der Waals surface area (Å²) in [5.74, 6) is 0. The Morgan fingerprint density at radius 3 is 2.20 bits per heavy atom. The van der Waals surface area contributed by atoms with E-state index in [1.807, 2.05) is 0 Å². The molecule has 0 aliphatic carbocycles. The van der Waals surface area contributed by atoms with Gasteiger partial charge < -0.3 is 5.32 Å². The summed E-state index contributed by atoms with van der Waals surface area (Å²) in [6.07, 6.45) is 0. The first-order chi connectivity index (χ1) is 4.72. The fourth-order valence-electron chi connectivity index (χ4n) is 0.581. The van der Waals surface area contributed by atoms with Crippen LogP contribution in [0.5, 0.6) is 0 Å². The van der Waals surface area contributed by atoms with Crippen LogP contribution in [-0.2, 0) is 0 Å². The van der Waals surface area contributed by atoms with Crippen molar-refractivity contribution >= 4 is 28.9 Å².